The summed E-state index contributed by atoms with van der Waals surface area (Å²) in [6.07, 6.45) is 0.210. The minimum atomic E-state index is -0.550. The molecule has 1 unspecified atom stereocenters. The molecule has 7 nitrogen and oxygen atoms in total. The van der Waals surface area contributed by atoms with Crippen LogP contribution in [-0.4, -0.2) is 56.1 Å². The van der Waals surface area contributed by atoms with Gasteiger partial charge in [0.1, 0.15) is 0 Å². The molecule has 104 valence electrons. The Labute approximate surface area is 107 Å². The Morgan fingerprint density at radius 2 is 1.94 bits per heavy atom. The number of carbonyl (C=O) groups excluding carboxylic acids is 3. The summed E-state index contributed by atoms with van der Waals surface area (Å²) in [7, 11) is 3.13. The lowest BCUT2D eigenvalue weighted by atomic mass is 10.2. The van der Waals surface area contributed by atoms with Crippen LogP contribution in [0.2, 0.25) is 0 Å². The molecular weight excluding hydrogens is 238 g/mol. The maximum Gasteiger partial charge on any atom is 0.321 e. The van der Waals surface area contributed by atoms with Gasteiger partial charge in [-0.3, -0.25) is 19.8 Å². The second-order valence-electron chi connectivity index (χ2n) is 3.78. The molecule has 0 aliphatic heterocycles. The molecule has 1 atom stereocenters. The van der Waals surface area contributed by atoms with E-state index in [1.54, 1.807) is 25.8 Å². The Morgan fingerprint density at radius 3 is 2.44 bits per heavy atom. The first-order valence-corrected chi connectivity index (χ1v) is 5.80. The van der Waals surface area contributed by atoms with E-state index in [4.69, 9.17) is 4.74 Å². The molecular formula is C11H21N3O4. The van der Waals surface area contributed by atoms with Gasteiger partial charge in [-0.05, 0) is 20.9 Å². The minimum Gasteiger partial charge on any atom is -0.466 e. The van der Waals surface area contributed by atoms with Crippen molar-refractivity contribution in [2.45, 2.75) is 26.3 Å². The maximum absolute atomic E-state index is 11.6. The number of hydrogen-bond donors (Lipinski definition) is 2. The number of carbonyl (C=O) groups is 3. The van der Waals surface area contributed by atoms with E-state index in [9.17, 15) is 14.4 Å². The van der Waals surface area contributed by atoms with E-state index in [0.29, 0.717) is 13.2 Å². The number of ether oxygens (including phenoxy) is 1. The van der Waals surface area contributed by atoms with Crippen molar-refractivity contribution in [3.05, 3.63) is 0 Å². The lowest BCUT2D eigenvalue weighted by molar-refractivity contribution is -0.143. The van der Waals surface area contributed by atoms with Gasteiger partial charge in [0.2, 0.25) is 5.91 Å². The average Bonchev–Trinajstić information content (AvgIpc) is 2.34. The highest BCUT2D eigenvalue weighted by atomic mass is 16.5. The van der Waals surface area contributed by atoms with Gasteiger partial charge in [-0.15, -0.1) is 0 Å². The molecule has 3 amide bonds. The zero-order chi connectivity index (χ0) is 14.1. The van der Waals surface area contributed by atoms with E-state index < -0.39 is 18.0 Å². The Hall–Kier alpha value is -1.63. The Morgan fingerprint density at radius 1 is 1.33 bits per heavy atom. The molecule has 0 bridgehead atoms. The van der Waals surface area contributed by atoms with E-state index in [0.717, 1.165) is 0 Å². The Balaban J connectivity index is 4.09. The first-order chi connectivity index (χ1) is 8.42. The number of imide groups is 1. The van der Waals surface area contributed by atoms with Crippen molar-refractivity contribution in [3.63, 3.8) is 0 Å². The number of rotatable bonds is 6. The zero-order valence-corrected chi connectivity index (χ0v) is 11.3. The third-order valence-corrected chi connectivity index (χ3v) is 2.48. The fourth-order valence-electron chi connectivity index (χ4n) is 1.17. The fourth-order valence-corrected chi connectivity index (χ4v) is 1.17. The van der Waals surface area contributed by atoms with Gasteiger partial charge in [0.15, 0.2) is 0 Å². The summed E-state index contributed by atoms with van der Waals surface area (Å²) < 4.78 is 4.78. The SMILES string of the molecule is CCOC(=O)CCN(C)C(C)C(=O)NC(=O)NC. The number of esters is 1. The third kappa shape index (κ3) is 6.19. The first-order valence-electron chi connectivity index (χ1n) is 5.80. The minimum absolute atomic E-state index is 0.210. The number of hydrogen-bond acceptors (Lipinski definition) is 5. The molecule has 0 rings (SSSR count). The molecule has 18 heavy (non-hydrogen) atoms. The lowest BCUT2D eigenvalue weighted by Gasteiger charge is -2.22. The average molecular weight is 259 g/mol. The molecule has 0 fully saturated rings. The van der Waals surface area contributed by atoms with Crippen molar-refractivity contribution in [3.8, 4) is 0 Å². The van der Waals surface area contributed by atoms with Crippen LogP contribution in [-0.2, 0) is 14.3 Å². The highest BCUT2D eigenvalue weighted by molar-refractivity contribution is 5.96. The van der Waals surface area contributed by atoms with Crippen molar-refractivity contribution in [2.24, 2.45) is 0 Å². The van der Waals surface area contributed by atoms with Crippen molar-refractivity contribution in [2.75, 3.05) is 27.2 Å². The van der Waals surface area contributed by atoms with E-state index >= 15 is 0 Å². The fraction of sp³-hybridized carbons (Fsp3) is 0.727. The van der Waals surface area contributed by atoms with Gasteiger partial charge in [-0.1, -0.05) is 0 Å². The van der Waals surface area contributed by atoms with Crippen LogP contribution in [0.4, 0.5) is 4.79 Å². The van der Waals surface area contributed by atoms with Gasteiger partial charge < -0.3 is 10.1 Å². The molecule has 0 saturated carbocycles. The molecule has 0 radical (unpaired) electrons. The monoisotopic (exact) mass is 259 g/mol. The number of nitrogens with one attached hydrogen (secondary N) is 2. The van der Waals surface area contributed by atoms with Crippen molar-refractivity contribution < 1.29 is 19.1 Å². The van der Waals surface area contributed by atoms with Gasteiger partial charge in [0.05, 0.1) is 19.1 Å². The molecule has 0 aromatic carbocycles. The van der Waals surface area contributed by atoms with E-state index in [2.05, 4.69) is 10.6 Å². The molecule has 0 aliphatic carbocycles. The van der Waals surface area contributed by atoms with Gasteiger partial charge in [-0.25, -0.2) is 4.79 Å². The van der Waals surface area contributed by atoms with Gasteiger partial charge >= 0.3 is 12.0 Å². The van der Waals surface area contributed by atoms with Crippen molar-refractivity contribution in [1.29, 1.82) is 0 Å². The second-order valence-corrected chi connectivity index (χ2v) is 3.78. The van der Waals surface area contributed by atoms with Gasteiger partial charge in [0.25, 0.3) is 0 Å². The van der Waals surface area contributed by atoms with Gasteiger partial charge in [0, 0.05) is 13.6 Å². The largest absolute Gasteiger partial charge is 0.466 e. The quantitative estimate of drug-likeness (QED) is 0.640. The molecule has 0 saturated heterocycles. The smallest absolute Gasteiger partial charge is 0.321 e. The standard InChI is InChI=1S/C11H21N3O4/c1-5-18-9(15)6-7-14(4)8(2)10(16)13-11(17)12-3/h8H,5-7H2,1-4H3,(H2,12,13,16,17). The summed E-state index contributed by atoms with van der Waals surface area (Å²) in [5, 5.41) is 4.47. The van der Waals surface area contributed by atoms with Crippen molar-refractivity contribution in [1.82, 2.24) is 15.5 Å². The lowest BCUT2D eigenvalue weighted by Crippen LogP contribution is -2.48. The number of likely N-dealkylation sites (N-methyl/N-ethyl adjacent to an activating group) is 1. The van der Waals surface area contributed by atoms with E-state index in [-0.39, 0.29) is 12.4 Å². The predicted molar refractivity (Wildman–Crippen MR) is 65.9 cm³/mol. The van der Waals surface area contributed by atoms with Crippen LogP contribution < -0.4 is 10.6 Å². The summed E-state index contributed by atoms with van der Waals surface area (Å²) in [6.45, 7) is 4.13. The summed E-state index contributed by atoms with van der Waals surface area (Å²) in [5.74, 6) is -0.719. The summed E-state index contributed by atoms with van der Waals surface area (Å²) in [4.78, 5) is 35.4. The van der Waals surface area contributed by atoms with Crippen LogP contribution >= 0.6 is 0 Å². The zero-order valence-electron chi connectivity index (χ0n) is 11.3. The van der Waals surface area contributed by atoms with Gasteiger partial charge in [-0.2, -0.15) is 0 Å². The van der Waals surface area contributed by atoms with Crippen LogP contribution in [0.25, 0.3) is 0 Å². The molecule has 0 aliphatic rings. The van der Waals surface area contributed by atoms with E-state index in [1.807, 2.05) is 0 Å². The molecule has 0 heterocycles. The normalized spacial score (nSPS) is 11.8. The van der Waals surface area contributed by atoms with E-state index in [1.165, 1.54) is 7.05 Å². The number of nitrogens with zero attached hydrogens (tertiary/aromatic N) is 1. The summed E-state index contributed by atoms with van der Waals surface area (Å²) >= 11 is 0. The molecule has 0 aromatic heterocycles. The highest BCUT2D eigenvalue weighted by Crippen LogP contribution is 1.98. The predicted octanol–water partition coefficient (Wildman–Crippen LogP) is -0.284. The van der Waals surface area contributed by atoms with Crippen LogP contribution in [0.1, 0.15) is 20.3 Å². The molecule has 0 spiro atoms. The third-order valence-electron chi connectivity index (χ3n) is 2.48. The van der Waals surface area contributed by atoms with Crippen molar-refractivity contribution >= 4 is 17.9 Å². The Bertz CT molecular complexity index is 307. The van der Waals surface area contributed by atoms with Crippen LogP contribution in [0.5, 0.6) is 0 Å². The maximum atomic E-state index is 11.6. The molecule has 7 heteroatoms. The topological polar surface area (TPSA) is 87.7 Å². The summed E-state index contributed by atoms with van der Waals surface area (Å²) in [5.41, 5.74) is 0. The molecule has 2 N–H and O–H groups in total. The number of urea groups is 1. The van der Waals surface area contributed by atoms with Crippen LogP contribution in [0, 0.1) is 0 Å². The Kier molecular flexibility index (Phi) is 7.69. The number of amides is 3. The summed E-state index contributed by atoms with van der Waals surface area (Å²) in [6, 6.07) is -1.05. The first kappa shape index (κ1) is 16.4. The van der Waals surface area contributed by atoms with Crippen LogP contribution in [0.3, 0.4) is 0 Å². The molecule has 0 aromatic rings. The highest BCUT2D eigenvalue weighted by Gasteiger charge is 2.20. The van der Waals surface area contributed by atoms with Crippen LogP contribution in [0.15, 0.2) is 0 Å². The second kappa shape index (κ2) is 8.46.